The van der Waals surface area contributed by atoms with E-state index in [1.54, 1.807) is 26.1 Å². The van der Waals surface area contributed by atoms with Gasteiger partial charge in [0.2, 0.25) is 0 Å². The molecule has 33 heavy (non-hydrogen) atoms. The van der Waals surface area contributed by atoms with E-state index in [0.29, 0.717) is 49.9 Å². The molecule has 0 aromatic heterocycles. The van der Waals surface area contributed by atoms with Crippen LogP contribution in [0.3, 0.4) is 0 Å². The van der Waals surface area contributed by atoms with E-state index in [4.69, 9.17) is 4.74 Å². The normalized spacial score (nSPS) is 39.5. The van der Waals surface area contributed by atoms with Gasteiger partial charge in [-0.1, -0.05) is 19.9 Å². The van der Waals surface area contributed by atoms with E-state index in [1.165, 1.54) is 6.42 Å². The van der Waals surface area contributed by atoms with Crippen molar-refractivity contribution < 1.29 is 19.0 Å². The van der Waals surface area contributed by atoms with Gasteiger partial charge in [-0.3, -0.25) is 9.18 Å². The van der Waals surface area contributed by atoms with Crippen molar-refractivity contribution in [3.8, 4) is 0 Å². The van der Waals surface area contributed by atoms with Crippen molar-refractivity contribution in [3.05, 3.63) is 29.1 Å². The number of amides is 1. The number of hydrogen-bond donors (Lipinski definition) is 3. The molecule has 182 valence electrons. The fourth-order valence-corrected chi connectivity index (χ4v) is 7.88. The van der Waals surface area contributed by atoms with Gasteiger partial charge < -0.3 is 30.8 Å². The van der Waals surface area contributed by atoms with E-state index >= 15 is 0 Å². The fourth-order valence-electron chi connectivity index (χ4n) is 7.88. The van der Waals surface area contributed by atoms with Crippen LogP contribution in [0.25, 0.3) is 5.41 Å². The van der Waals surface area contributed by atoms with E-state index in [0.717, 1.165) is 25.5 Å². The lowest BCUT2D eigenvalue weighted by atomic mass is 9.30. The summed E-state index contributed by atoms with van der Waals surface area (Å²) in [4.78, 5) is 15.4. The standard InChI is InChI=1S/C25H36FN4O3/c1-23(2,14-26)3-4-28-21(30-5-7-33-8-6-30)17(13-27)22(32)29-20-18-9-16-10-24(15-31)12-19(20)25(18,24)11-16/h3-4,13,16,18-20,28,31H,5-12,14-15H2,1-2H3,(H,29,32)/q-1/b4-3+,21-17-/t16?,18?,19?,20-,24-,25?/m1/s1. The highest BCUT2D eigenvalue weighted by molar-refractivity contribution is 6.13. The summed E-state index contributed by atoms with van der Waals surface area (Å²) in [6.07, 6.45) is 8.69. The topological polar surface area (TPSA) is 96.1 Å². The van der Waals surface area contributed by atoms with Gasteiger partial charge in [-0.05, 0) is 55.1 Å². The van der Waals surface area contributed by atoms with Crippen LogP contribution in [0, 0.1) is 34.0 Å². The second-order valence-corrected chi connectivity index (χ2v) is 11.5. The first kappa shape index (κ1) is 22.8. The number of rotatable bonds is 9. The highest BCUT2D eigenvalue weighted by Crippen LogP contribution is 2.86. The third-order valence-corrected chi connectivity index (χ3v) is 9.34. The van der Waals surface area contributed by atoms with Gasteiger partial charge in [0.25, 0.3) is 5.91 Å². The summed E-state index contributed by atoms with van der Waals surface area (Å²) >= 11 is 0. The molecular formula is C25H36FN4O3-. The Bertz CT molecular complexity index is 883. The highest BCUT2D eigenvalue weighted by Gasteiger charge is 2.83. The second-order valence-electron chi connectivity index (χ2n) is 11.5. The van der Waals surface area contributed by atoms with Gasteiger partial charge in [0.15, 0.2) is 0 Å². The number of ether oxygens (including phenoxy) is 1. The number of carbonyl (C=O) groups excluding carboxylic acids is 1. The van der Waals surface area contributed by atoms with E-state index in [-0.39, 0.29) is 35.0 Å². The molecule has 4 unspecified atom stereocenters. The summed E-state index contributed by atoms with van der Waals surface area (Å²) in [5.41, 5.74) is -0.136. The van der Waals surface area contributed by atoms with Crippen molar-refractivity contribution in [2.24, 2.45) is 34.0 Å². The van der Waals surface area contributed by atoms with Crippen molar-refractivity contribution in [1.29, 1.82) is 0 Å². The van der Waals surface area contributed by atoms with Gasteiger partial charge >= 0.3 is 0 Å². The van der Waals surface area contributed by atoms with Crippen molar-refractivity contribution in [2.45, 2.75) is 45.6 Å². The largest absolute Gasteiger partial charge is 0.810 e. The molecule has 1 spiro atoms. The molecule has 8 heteroatoms. The highest BCUT2D eigenvalue weighted by atomic mass is 19.1. The van der Waals surface area contributed by atoms with Gasteiger partial charge in [-0.25, -0.2) is 0 Å². The first-order valence-corrected chi connectivity index (χ1v) is 12.3. The Balaban J connectivity index is 1.35. The SMILES string of the molecule is CC(C)(/C=C/N/C(=C(\C=[N-])C(=O)N[C@@H]1C2CC3CC24C1C[C@@]4(CO)C3)N1CCOCC1)CF. The molecule has 1 saturated heterocycles. The number of alkyl halides is 1. The van der Waals surface area contributed by atoms with Gasteiger partial charge in [-0.15, -0.1) is 0 Å². The Morgan fingerprint density at radius 2 is 2.03 bits per heavy atom. The van der Waals surface area contributed by atoms with Crippen LogP contribution in [0.5, 0.6) is 0 Å². The minimum Gasteiger partial charge on any atom is -0.810 e. The number of nitrogens with one attached hydrogen (secondary N) is 2. The van der Waals surface area contributed by atoms with E-state index in [1.807, 2.05) is 4.90 Å². The zero-order valence-corrected chi connectivity index (χ0v) is 19.6. The lowest BCUT2D eigenvalue weighted by molar-refractivity contribution is -0.275. The summed E-state index contributed by atoms with van der Waals surface area (Å²) in [6, 6.07) is 0.101. The van der Waals surface area contributed by atoms with Crippen LogP contribution >= 0.6 is 0 Å². The molecule has 0 radical (unpaired) electrons. The van der Waals surface area contributed by atoms with Crippen molar-refractivity contribution >= 4 is 12.1 Å². The average Bonchev–Trinajstić information content (AvgIpc) is 3.31. The molecule has 0 aromatic carbocycles. The van der Waals surface area contributed by atoms with Crippen LogP contribution < -0.4 is 10.6 Å². The molecule has 5 fully saturated rings. The van der Waals surface area contributed by atoms with Crippen LogP contribution in [-0.2, 0) is 9.53 Å². The van der Waals surface area contributed by atoms with Gasteiger partial charge in [0.1, 0.15) is 5.82 Å². The lowest BCUT2D eigenvalue weighted by Gasteiger charge is -2.75. The van der Waals surface area contributed by atoms with Gasteiger partial charge in [0.05, 0.1) is 25.5 Å². The molecule has 6 atom stereocenters. The molecule has 5 rings (SSSR count). The average molecular weight is 460 g/mol. The zero-order chi connectivity index (χ0) is 23.4. The number of aliphatic hydroxyl groups excluding tert-OH is 1. The van der Waals surface area contributed by atoms with E-state index in [9.17, 15) is 19.7 Å². The number of fused-ring (bicyclic) bond motifs is 1. The molecule has 1 heterocycles. The Labute approximate surface area is 195 Å². The number of hydrogen-bond acceptors (Lipinski definition) is 5. The summed E-state index contributed by atoms with van der Waals surface area (Å²) in [5, 5.41) is 26.6. The Hall–Kier alpha value is -1.93. The number of morpholine rings is 1. The minimum absolute atomic E-state index is 0.0861. The number of carbonyl (C=O) groups is 1. The molecule has 1 amide bonds. The molecule has 5 aliphatic rings. The molecular weight excluding hydrogens is 423 g/mol. The van der Waals surface area contributed by atoms with Crippen LogP contribution in [0.1, 0.15) is 39.5 Å². The first-order valence-electron chi connectivity index (χ1n) is 12.3. The quantitative estimate of drug-likeness (QED) is 0.363. The van der Waals surface area contributed by atoms with Gasteiger partial charge in [0, 0.05) is 36.6 Å². The molecule has 1 aliphatic heterocycles. The molecule has 7 nitrogen and oxygen atoms in total. The Morgan fingerprint density at radius 1 is 1.27 bits per heavy atom. The fraction of sp³-hybridized carbons (Fsp3) is 0.760. The predicted octanol–water partition coefficient (Wildman–Crippen LogP) is 2.18. The van der Waals surface area contributed by atoms with Crippen molar-refractivity contribution in [1.82, 2.24) is 15.5 Å². The minimum atomic E-state index is -0.625. The van der Waals surface area contributed by atoms with Crippen molar-refractivity contribution in [3.63, 3.8) is 0 Å². The van der Waals surface area contributed by atoms with Gasteiger partial charge in [-0.2, -0.15) is 6.21 Å². The summed E-state index contributed by atoms with van der Waals surface area (Å²) < 4.78 is 18.7. The number of halogens is 1. The summed E-state index contributed by atoms with van der Waals surface area (Å²) in [6.45, 7) is 5.60. The summed E-state index contributed by atoms with van der Waals surface area (Å²) in [5.74, 6) is 1.73. The number of allylic oxidation sites excluding steroid dienone is 1. The maximum absolute atomic E-state index is 13.4. The maximum Gasteiger partial charge on any atom is 0.253 e. The third kappa shape index (κ3) is 3.27. The van der Waals surface area contributed by atoms with Crippen LogP contribution in [0.2, 0.25) is 0 Å². The maximum atomic E-state index is 13.4. The zero-order valence-electron chi connectivity index (χ0n) is 19.6. The smallest absolute Gasteiger partial charge is 0.253 e. The summed E-state index contributed by atoms with van der Waals surface area (Å²) in [7, 11) is 0. The Morgan fingerprint density at radius 3 is 2.70 bits per heavy atom. The first-order chi connectivity index (χ1) is 15.8. The molecule has 4 aliphatic carbocycles. The van der Waals surface area contributed by atoms with Crippen LogP contribution in [0.15, 0.2) is 23.7 Å². The Kier molecular flexibility index (Phi) is 5.59. The van der Waals surface area contributed by atoms with Crippen molar-refractivity contribution in [2.75, 3.05) is 39.6 Å². The third-order valence-electron chi connectivity index (χ3n) is 9.34. The van der Waals surface area contributed by atoms with Crippen LogP contribution in [0.4, 0.5) is 4.39 Å². The predicted molar refractivity (Wildman–Crippen MR) is 124 cm³/mol. The molecule has 4 saturated carbocycles. The monoisotopic (exact) mass is 459 g/mol. The number of aliphatic hydroxyl groups is 1. The number of nitrogens with zero attached hydrogens (tertiary/aromatic N) is 2. The van der Waals surface area contributed by atoms with E-state index in [2.05, 4.69) is 10.6 Å². The lowest BCUT2D eigenvalue weighted by Crippen LogP contribution is -2.78. The molecule has 2 bridgehead atoms. The molecule has 3 N–H and O–H groups in total. The second kappa shape index (κ2) is 8.08. The van der Waals surface area contributed by atoms with Crippen LogP contribution in [-0.4, -0.2) is 67.8 Å². The van der Waals surface area contributed by atoms with E-state index < -0.39 is 12.1 Å². The molecule has 0 aromatic rings.